The van der Waals surface area contributed by atoms with Crippen molar-refractivity contribution < 1.29 is 19.3 Å². The van der Waals surface area contributed by atoms with Crippen LogP contribution in [0.1, 0.15) is 11.1 Å². The van der Waals surface area contributed by atoms with Gasteiger partial charge < -0.3 is 19.3 Å². The third-order valence-electron chi connectivity index (χ3n) is 4.57. The van der Waals surface area contributed by atoms with Gasteiger partial charge >= 0.3 is 0 Å². The lowest BCUT2D eigenvalue weighted by Crippen LogP contribution is -2.52. The van der Waals surface area contributed by atoms with Gasteiger partial charge in [-0.3, -0.25) is 4.90 Å². The predicted molar refractivity (Wildman–Crippen MR) is 86.4 cm³/mol. The monoisotopic (exact) mass is 329 g/mol. The first-order valence-corrected chi connectivity index (χ1v) is 7.47. The molecule has 1 aromatic carbocycles. The molecule has 0 radical (unpaired) electrons. The van der Waals surface area contributed by atoms with Gasteiger partial charge in [-0.25, -0.2) is 0 Å². The van der Waals surface area contributed by atoms with Gasteiger partial charge in [-0.1, -0.05) is 0 Å². The van der Waals surface area contributed by atoms with Crippen molar-refractivity contribution in [3.05, 3.63) is 23.3 Å². The molecule has 0 spiro atoms. The molecule has 0 amide bonds. The third kappa shape index (κ3) is 3.18. The van der Waals surface area contributed by atoms with Crippen molar-refractivity contribution in [2.45, 2.75) is 25.0 Å². The van der Waals surface area contributed by atoms with Crippen molar-refractivity contribution >= 4 is 12.4 Å². The van der Waals surface area contributed by atoms with Gasteiger partial charge in [0.1, 0.15) is 11.5 Å². The molecule has 1 aliphatic carbocycles. The normalized spacial score (nSPS) is 25.0. The number of rotatable bonds is 3. The van der Waals surface area contributed by atoms with Crippen LogP contribution in [0.4, 0.5) is 0 Å². The van der Waals surface area contributed by atoms with Gasteiger partial charge in [-0.05, 0) is 18.6 Å². The number of halogens is 1. The van der Waals surface area contributed by atoms with Gasteiger partial charge in [0.15, 0.2) is 0 Å². The molecule has 1 aromatic rings. The van der Waals surface area contributed by atoms with Crippen LogP contribution in [0.5, 0.6) is 11.5 Å². The Kier molecular flexibility index (Phi) is 5.92. The van der Waals surface area contributed by atoms with Crippen LogP contribution in [0, 0.1) is 0 Å². The van der Waals surface area contributed by atoms with Crippen molar-refractivity contribution in [2.75, 3.05) is 40.5 Å². The van der Waals surface area contributed by atoms with Crippen LogP contribution >= 0.6 is 12.4 Å². The number of hydrogen-bond acceptors (Lipinski definition) is 5. The Hall–Kier alpha value is -1.01. The Labute approximate surface area is 137 Å². The van der Waals surface area contributed by atoms with E-state index < -0.39 is 0 Å². The molecule has 1 aliphatic heterocycles. The highest BCUT2D eigenvalue weighted by atomic mass is 35.5. The van der Waals surface area contributed by atoms with Gasteiger partial charge in [0.25, 0.3) is 0 Å². The second kappa shape index (κ2) is 7.51. The van der Waals surface area contributed by atoms with Gasteiger partial charge in [0, 0.05) is 36.7 Å². The van der Waals surface area contributed by atoms with Crippen LogP contribution in [-0.2, 0) is 17.6 Å². The molecule has 1 fully saturated rings. The number of ether oxygens (including phenoxy) is 3. The van der Waals surface area contributed by atoms with E-state index in [1.165, 1.54) is 5.56 Å². The van der Waals surface area contributed by atoms with Crippen LogP contribution in [0.2, 0.25) is 0 Å². The Bertz CT molecular complexity index is 505. The molecular formula is C16H24ClNO4. The third-order valence-corrected chi connectivity index (χ3v) is 4.57. The van der Waals surface area contributed by atoms with E-state index in [9.17, 15) is 5.11 Å². The van der Waals surface area contributed by atoms with Crippen LogP contribution < -0.4 is 9.47 Å². The Morgan fingerprint density at radius 3 is 2.14 bits per heavy atom. The van der Waals surface area contributed by atoms with E-state index in [1.54, 1.807) is 14.2 Å². The van der Waals surface area contributed by atoms with Crippen molar-refractivity contribution in [2.24, 2.45) is 0 Å². The summed E-state index contributed by atoms with van der Waals surface area (Å²) in [6.07, 6.45) is 1.02. The molecule has 0 unspecified atom stereocenters. The maximum Gasteiger partial charge on any atom is 0.122 e. The number of fused-ring (bicyclic) bond motifs is 1. The van der Waals surface area contributed by atoms with E-state index in [-0.39, 0.29) is 24.6 Å². The zero-order chi connectivity index (χ0) is 14.8. The maximum atomic E-state index is 10.6. The van der Waals surface area contributed by atoms with Gasteiger partial charge in [0.05, 0.1) is 33.5 Å². The average Bonchev–Trinajstić information content (AvgIpc) is 2.54. The predicted octanol–water partition coefficient (Wildman–Crippen LogP) is 1.29. The first-order chi connectivity index (χ1) is 10.2. The summed E-state index contributed by atoms with van der Waals surface area (Å²) in [6.45, 7) is 3.24. The first kappa shape index (κ1) is 17.3. The zero-order valence-electron chi connectivity index (χ0n) is 13.1. The Balaban J connectivity index is 0.00000176. The summed E-state index contributed by atoms with van der Waals surface area (Å²) in [5.41, 5.74) is 2.24. The molecule has 0 aromatic heterocycles. The van der Waals surface area contributed by atoms with E-state index in [4.69, 9.17) is 14.2 Å². The number of nitrogens with zero attached hydrogens (tertiary/aromatic N) is 1. The molecular weight excluding hydrogens is 306 g/mol. The average molecular weight is 330 g/mol. The number of aliphatic hydroxyl groups is 1. The minimum absolute atomic E-state index is 0. The molecule has 5 nitrogen and oxygen atoms in total. The highest BCUT2D eigenvalue weighted by Crippen LogP contribution is 2.37. The fraction of sp³-hybridized carbons (Fsp3) is 0.625. The summed E-state index contributed by atoms with van der Waals surface area (Å²) in [7, 11) is 3.36. The minimum Gasteiger partial charge on any atom is -0.496 e. The number of morpholine rings is 1. The standard InChI is InChI=1S/C16H23NO4.ClH/c1-19-15-3-4-16(20-2)12-10-14(18)13(9-11(12)15)17-5-7-21-8-6-17;/h3-4,13-14,18H,5-10H2,1-2H3;1H/t13-,14-;/m1./s1. The van der Waals surface area contributed by atoms with Crippen LogP contribution in [0.3, 0.4) is 0 Å². The lowest BCUT2D eigenvalue weighted by atomic mass is 9.84. The highest BCUT2D eigenvalue weighted by Gasteiger charge is 2.35. The van der Waals surface area contributed by atoms with Crippen molar-refractivity contribution in [3.8, 4) is 11.5 Å². The summed E-state index contributed by atoms with van der Waals surface area (Å²) in [4.78, 5) is 2.33. The maximum absolute atomic E-state index is 10.6. The second-order valence-corrected chi connectivity index (χ2v) is 5.62. The summed E-state index contributed by atoms with van der Waals surface area (Å²) in [5.74, 6) is 1.72. The Morgan fingerprint density at radius 1 is 1.05 bits per heavy atom. The summed E-state index contributed by atoms with van der Waals surface area (Å²) >= 11 is 0. The summed E-state index contributed by atoms with van der Waals surface area (Å²) in [6, 6.07) is 3.99. The van der Waals surface area contributed by atoms with Gasteiger partial charge in [0.2, 0.25) is 0 Å². The molecule has 3 rings (SSSR count). The number of benzene rings is 1. The van der Waals surface area contributed by atoms with Crippen molar-refractivity contribution in [1.82, 2.24) is 4.90 Å². The van der Waals surface area contributed by atoms with Gasteiger partial charge in [-0.15, -0.1) is 12.4 Å². The number of methoxy groups -OCH3 is 2. The molecule has 1 saturated heterocycles. The highest BCUT2D eigenvalue weighted by molar-refractivity contribution is 5.85. The zero-order valence-corrected chi connectivity index (χ0v) is 13.9. The van der Waals surface area contributed by atoms with Crippen LogP contribution in [-0.4, -0.2) is 62.7 Å². The van der Waals surface area contributed by atoms with Crippen LogP contribution in [0.15, 0.2) is 12.1 Å². The molecule has 1 heterocycles. The summed E-state index contributed by atoms with van der Waals surface area (Å²) < 4.78 is 16.4. The molecule has 0 saturated carbocycles. The molecule has 2 atom stereocenters. The largest absolute Gasteiger partial charge is 0.496 e. The van der Waals surface area contributed by atoms with Gasteiger partial charge in [-0.2, -0.15) is 0 Å². The SMILES string of the molecule is COc1ccc(OC)c2c1C[C@@H](O)[C@H](N1CCOCC1)C2.Cl. The first-order valence-electron chi connectivity index (χ1n) is 7.47. The molecule has 6 heteroatoms. The van der Waals surface area contributed by atoms with E-state index in [1.807, 2.05) is 12.1 Å². The molecule has 2 aliphatic rings. The van der Waals surface area contributed by atoms with Crippen LogP contribution in [0.25, 0.3) is 0 Å². The molecule has 0 bridgehead atoms. The quantitative estimate of drug-likeness (QED) is 0.905. The summed E-state index contributed by atoms with van der Waals surface area (Å²) in [5, 5.41) is 10.6. The Morgan fingerprint density at radius 2 is 1.59 bits per heavy atom. The van der Waals surface area contributed by atoms with Crippen molar-refractivity contribution in [3.63, 3.8) is 0 Å². The number of hydrogen-bond donors (Lipinski definition) is 1. The smallest absolute Gasteiger partial charge is 0.122 e. The van der Waals surface area contributed by atoms with E-state index in [0.29, 0.717) is 6.42 Å². The van der Waals surface area contributed by atoms with E-state index >= 15 is 0 Å². The fourth-order valence-electron chi connectivity index (χ4n) is 3.45. The lowest BCUT2D eigenvalue weighted by molar-refractivity contribution is -0.0247. The number of aliphatic hydroxyl groups excluding tert-OH is 1. The fourth-order valence-corrected chi connectivity index (χ4v) is 3.45. The molecule has 22 heavy (non-hydrogen) atoms. The van der Waals surface area contributed by atoms with E-state index in [0.717, 1.165) is 49.8 Å². The minimum atomic E-state index is -0.378. The van der Waals surface area contributed by atoms with Crippen molar-refractivity contribution in [1.29, 1.82) is 0 Å². The topological polar surface area (TPSA) is 51.2 Å². The lowest BCUT2D eigenvalue weighted by Gasteiger charge is -2.40. The second-order valence-electron chi connectivity index (χ2n) is 5.62. The molecule has 124 valence electrons. The molecule has 1 N–H and O–H groups in total. The van der Waals surface area contributed by atoms with E-state index in [2.05, 4.69) is 4.90 Å².